The second-order valence-electron chi connectivity index (χ2n) is 6.84. The topological polar surface area (TPSA) is 74.8 Å². The summed E-state index contributed by atoms with van der Waals surface area (Å²) in [6, 6.07) is 7.92. The Morgan fingerprint density at radius 1 is 1.19 bits per heavy atom. The molecule has 0 fully saturated rings. The minimum Gasteiger partial charge on any atom is -0.494 e. The lowest BCUT2D eigenvalue weighted by atomic mass is 10.1. The number of guanidine groups is 1. The second-order valence-corrected chi connectivity index (χ2v) is 6.84. The van der Waals surface area contributed by atoms with Crippen molar-refractivity contribution in [3.8, 4) is 5.75 Å². The molecule has 0 bridgehead atoms. The molecule has 0 aliphatic rings. The zero-order valence-corrected chi connectivity index (χ0v) is 18.8. The number of rotatable bonds is 8. The van der Waals surface area contributed by atoms with Crippen LogP contribution >= 0.6 is 24.0 Å². The summed E-state index contributed by atoms with van der Waals surface area (Å²) in [5, 5.41) is 9.12. The fraction of sp³-hybridized carbons (Fsp3) is 0.579. The highest BCUT2D eigenvalue weighted by atomic mass is 127. The molecular weight excluding hydrogens is 443 g/mol. The maximum Gasteiger partial charge on any atom is 0.239 e. The van der Waals surface area contributed by atoms with Gasteiger partial charge in [0.2, 0.25) is 5.91 Å². The van der Waals surface area contributed by atoms with Gasteiger partial charge in [-0.1, -0.05) is 19.1 Å². The summed E-state index contributed by atoms with van der Waals surface area (Å²) in [6.45, 7) is 12.1. The molecule has 0 radical (unpaired) electrons. The SMILES string of the molecule is CCCOc1cccc(CN=C(NCC)NCC(=O)NC(C)(C)C)c1.I. The molecular formula is C19H33IN4O2. The van der Waals surface area contributed by atoms with Crippen molar-refractivity contribution < 1.29 is 9.53 Å². The van der Waals surface area contributed by atoms with Crippen molar-refractivity contribution in [3.63, 3.8) is 0 Å². The van der Waals surface area contributed by atoms with Gasteiger partial charge >= 0.3 is 0 Å². The van der Waals surface area contributed by atoms with Crippen LogP contribution in [0.25, 0.3) is 0 Å². The van der Waals surface area contributed by atoms with Crippen molar-refractivity contribution in [2.45, 2.75) is 53.1 Å². The van der Waals surface area contributed by atoms with E-state index < -0.39 is 0 Å². The molecule has 26 heavy (non-hydrogen) atoms. The van der Waals surface area contributed by atoms with Gasteiger partial charge in [-0.05, 0) is 51.8 Å². The lowest BCUT2D eigenvalue weighted by Crippen LogP contribution is -2.48. The average Bonchev–Trinajstić information content (AvgIpc) is 2.54. The summed E-state index contributed by atoms with van der Waals surface area (Å²) in [6.07, 6.45) is 0.980. The van der Waals surface area contributed by atoms with Gasteiger partial charge in [-0.3, -0.25) is 4.79 Å². The van der Waals surface area contributed by atoms with E-state index in [2.05, 4.69) is 27.9 Å². The van der Waals surface area contributed by atoms with Crippen LogP contribution in [0.3, 0.4) is 0 Å². The van der Waals surface area contributed by atoms with Gasteiger partial charge in [0.05, 0.1) is 19.7 Å². The van der Waals surface area contributed by atoms with Crippen LogP contribution in [0.1, 0.15) is 46.6 Å². The highest BCUT2D eigenvalue weighted by Crippen LogP contribution is 2.14. The summed E-state index contributed by atoms with van der Waals surface area (Å²) in [5.41, 5.74) is 0.817. The van der Waals surface area contributed by atoms with Crippen molar-refractivity contribution in [2.75, 3.05) is 19.7 Å². The Balaban J connectivity index is 0.00000625. The third kappa shape index (κ3) is 11.2. The van der Waals surface area contributed by atoms with Crippen molar-refractivity contribution in [1.29, 1.82) is 0 Å². The lowest BCUT2D eigenvalue weighted by molar-refractivity contribution is -0.121. The van der Waals surface area contributed by atoms with Gasteiger partial charge in [0.15, 0.2) is 5.96 Å². The maximum absolute atomic E-state index is 11.9. The second kappa shape index (κ2) is 12.8. The third-order valence-corrected chi connectivity index (χ3v) is 3.07. The number of carbonyl (C=O) groups is 1. The summed E-state index contributed by atoms with van der Waals surface area (Å²) in [7, 11) is 0. The van der Waals surface area contributed by atoms with Gasteiger partial charge < -0.3 is 20.7 Å². The number of hydrogen-bond acceptors (Lipinski definition) is 3. The first-order chi connectivity index (χ1) is 11.8. The molecule has 3 N–H and O–H groups in total. The Bertz CT molecular complexity index is 571. The molecule has 0 saturated heterocycles. The smallest absolute Gasteiger partial charge is 0.239 e. The number of carbonyl (C=O) groups excluding carboxylic acids is 1. The van der Waals surface area contributed by atoms with Gasteiger partial charge in [-0.25, -0.2) is 4.99 Å². The highest BCUT2D eigenvalue weighted by molar-refractivity contribution is 14.0. The average molecular weight is 476 g/mol. The van der Waals surface area contributed by atoms with Crippen LogP contribution < -0.4 is 20.7 Å². The molecule has 0 spiro atoms. The van der Waals surface area contributed by atoms with Crippen molar-refractivity contribution in [3.05, 3.63) is 29.8 Å². The minimum absolute atomic E-state index is 0. The minimum atomic E-state index is -0.243. The molecule has 0 unspecified atom stereocenters. The van der Waals surface area contributed by atoms with E-state index in [0.29, 0.717) is 19.1 Å². The number of benzene rings is 1. The fourth-order valence-corrected chi connectivity index (χ4v) is 2.09. The van der Waals surface area contributed by atoms with E-state index >= 15 is 0 Å². The van der Waals surface area contributed by atoms with Crippen LogP contribution in [0.15, 0.2) is 29.3 Å². The van der Waals surface area contributed by atoms with Crippen molar-refractivity contribution >= 4 is 35.8 Å². The third-order valence-electron chi connectivity index (χ3n) is 3.07. The lowest BCUT2D eigenvalue weighted by Gasteiger charge is -2.21. The number of hydrogen-bond donors (Lipinski definition) is 3. The first-order valence-electron chi connectivity index (χ1n) is 8.89. The predicted molar refractivity (Wildman–Crippen MR) is 118 cm³/mol. The maximum atomic E-state index is 11.9. The van der Waals surface area contributed by atoms with E-state index in [1.807, 2.05) is 52.0 Å². The van der Waals surface area contributed by atoms with Crippen LogP contribution in [0, 0.1) is 0 Å². The molecule has 1 amide bonds. The number of nitrogens with zero attached hydrogens (tertiary/aromatic N) is 1. The number of nitrogens with one attached hydrogen (secondary N) is 3. The fourth-order valence-electron chi connectivity index (χ4n) is 2.09. The standard InChI is InChI=1S/C19H32N4O2.HI/c1-6-11-25-16-10-8-9-15(12-16)13-21-18(20-7-2)22-14-17(24)23-19(3,4)5;/h8-10,12H,6-7,11,13-14H2,1-5H3,(H,23,24)(H2,20,21,22);1H. The monoisotopic (exact) mass is 476 g/mol. The van der Waals surface area contributed by atoms with Crippen LogP contribution in [0.2, 0.25) is 0 Å². The van der Waals surface area contributed by atoms with E-state index in [-0.39, 0.29) is 42.0 Å². The molecule has 148 valence electrons. The van der Waals surface area contributed by atoms with E-state index in [1.165, 1.54) is 0 Å². The van der Waals surface area contributed by atoms with Crippen molar-refractivity contribution in [2.24, 2.45) is 4.99 Å². The quantitative estimate of drug-likeness (QED) is 0.306. The highest BCUT2D eigenvalue weighted by Gasteiger charge is 2.13. The molecule has 0 saturated carbocycles. The molecule has 0 aliphatic heterocycles. The molecule has 7 heteroatoms. The first-order valence-corrected chi connectivity index (χ1v) is 8.89. The van der Waals surface area contributed by atoms with E-state index in [4.69, 9.17) is 4.74 Å². The Labute approximate surface area is 174 Å². The molecule has 0 aromatic heterocycles. The Morgan fingerprint density at radius 2 is 1.92 bits per heavy atom. The largest absolute Gasteiger partial charge is 0.494 e. The molecule has 1 aromatic carbocycles. The Morgan fingerprint density at radius 3 is 2.54 bits per heavy atom. The summed E-state index contributed by atoms with van der Waals surface area (Å²) in [5.74, 6) is 1.41. The van der Waals surface area contributed by atoms with Gasteiger partial charge in [0.25, 0.3) is 0 Å². The predicted octanol–water partition coefficient (Wildman–Crippen LogP) is 3.06. The van der Waals surface area contributed by atoms with Gasteiger partial charge in [0, 0.05) is 12.1 Å². The van der Waals surface area contributed by atoms with Crippen molar-refractivity contribution in [1.82, 2.24) is 16.0 Å². The van der Waals surface area contributed by atoms with Gasteiger partial charge in [-0.15, -0.1) is 24.0 Å². The molecule has 0 atom stereocenters. The molecule has 1 rings (SSSR count). The number of ether oxygens (including phenoxy) is 1. The van der Waals surface area contributed by atoms with E-state index in [9.17, 15) is 4.79 Å². The normalized spacial score (nSPS) is 11.3. The van der Waals surface area contributed by atoms with E-state index in [0.717, 1.165) is 24.3 Å². The summed E-state index contributed by atoms with van der Waals surface area (Å²) >= 11 is 0. The first kappa shape index (κ1) is 24.5. The van der Waals surface area contributed by atoms with Crippen LogP contribution in [0.4, 0.5) is 0 Å². The van der Waals surface area contributed by atoms with E-state index in [1.54, 1.807) is 0 Å². The van der Waals surface area contributed by atoms with Gasteiger partial charge in [-0.2, -0.15) is 0 Å². The van der Waals surface area contributed by atoms with Crippen LogP contribution in [0.5, 0.6) is 5.75 Å². The molecule has 1 aromatic rings. The molecule has 0 aliphatic carbocycles. The molecule has 6 nitrogen and oxygen atoms in total. The zero-order valence-electron chi connectivity index (χ0n) is 16.5. The number of amides is 1. The Kier molecular flexibility index (Phi) is 12.0. The Hall–Kier alpha value is -1.51. The molecule has 0 heterocycles. The summed E-state index contributed by atoms with van der Waals surface area (Å²) < 4.78 is 5.64. The number of halogens is 1. The zero-order chi connectivity index (χ0) is 18.7. The van der Waals surface area contributed by atoms with Crippen LogP contribution in [-0.4, -0.2) is 37.1 Å². The number of aliphatic imine (C=N–C) groups is 1. The van der Waals surface area contributed by atoms with Crippen LogP contribution in [-0.2, 0) is 11.3 Å². The van der Waals surface area contributed by atoms with Gasteiger partial charge in [0.1, 0.15) is 5.75 Å². The summed E-state index contributed by atoms with van der Waals surface area (Å²) in [4.78, 5) is 16.4.